The van der Waals surface area contributed by atoms with Gasteiger partial charge in [0.15, 0.2) is 0 Å². The second-order valence-electron chi connectivity index (χ2n) is 4.68. The maximum absolute atomic E-state index is 11.6. The highest BCUT2D eigenvalue weighted by atomic mass is 35.5. The van der Waals surface area contributed by atoms with E-state index in [1.165, 1.54) is 25.0 Å². The smallest absolute Gasteiger partial charge is 0.226 e. The van der Waals surface area contributed by atoms with Crippen LogP contribution in [0.1, 0.15) is 39.5 Å². The molecule has 0 heterocycles. The molecule has 2 nitrogen and oxygen atoms in total. The Morgan fingerprint density at radius 3 is 2.44 bits per heavy atom. The van der Waals surface area contributed by atoms with Crippen molar-refractivity contribution < 1.29 is 4.79 Å². The zero-order valence-corrected chi connectivity index (χ0v) is 12.2. The standard InChI is InChI=1S/C12H24ClNOS/c1-12(2,10-13)11(15)14-8-6-4-5-7-9-16-3/h4-10H2,1-3H3,(H,14,15). The van der Waals surface area contributed by atoms with E-state index < -0.39 is 5.41 Å². The highest BCUT2D eigenvalue weighted by Gasteiger charge is 2.25. The molecule has 1 N–H and O–H groups in total. The number of rotatable bonds is 9. The van der Waals surface area contributed by atoms with Crippen molar-refractivity contribution in [2.24, 2.45) is 5.41 Å². The second kappa shape index (κ2) is 9.17. The summed E-state index contributed by atoms with van der Waals surface area (Å²) in [6.45, 7) is 4.51. The fraction of sp³-hybridized carbons (Fsp3) is 0.917. The maximum Gasteiger partial charge on any atom is 0.226 e. The predicted octanol–water partition coefficient (Wildman–Crippen LogP) is 3.29. The van der Waals surface area contributed by atoms with Gasteiger partial charge in [-0.3, -0.25) is 4.79 Å². The molecule has 0 saturated heterocycles. The van der Waals surface area contributed by atoms with E-state index >= 15 is 0 Å². The Morgan fingerprint density at radius 2 is 1.88 bits per heavy atom. The van der Waals surface area contributed by atoms with Gasteiger partial charge in [0.1, 0.15) is 0 Å². The first-order valence-electron chi connectivity index (χ1n) is 5.88. The number of carbonyl (C=O) groups excluding carboxylic acids is 1. The lowest BCUT2D eigenvalue weighted by molar-refractivity contribution is -0.128. The average Bonchev–Trinajstić information content (AvgIpc) is 2.27. The molecular formula is C12H24ClNOS. The molecule has 0 aromatic carbocycles. The Hall–Kier alpha value is 0.110. The number of halogens is 1. The van der Waals surface area contributed by atoms with Crippen molar-refractivity contribution in [1.82, 2.24) is 5.32 Å². The van der Waals surface area contributed by atoms with Gasteiger partial charge >= 0.3 is 0 Å². The van der Waals surface area contributed by atoms with Gasteiger partial charge in [-0.2, -0.15) is 11.8 Å². The molecule has 0 fully saturated rings. The average molecular weight is 266 g/mol. The van der Waals surface area contributed by atoms with Crippen LogP contribution in [0.4, 0.5) is 0 Å². The number of amides is 1. The summed E-state index contributed by atoms with van der Waals surface area (Å²) in [6, 6.07) is 0. The number of unbranched alkanes of at least 4 members (excludes halogenated alkanes) is 3. The van der Waals surface area contributed by atoms with E-state index in [1.54, 1.807) is 0 Å². The molecule has 0 spiro atoms. The van der Waals surface area contributed by atoms with E-state index in [0.29, 0.717) is 5.88 Å². The maximum atomic E-state index is 11.6. The third kappa shape index (κ3) is 7.39. The Bertz CT molecular complexity index is 197. The lowest BCUT2D eigenvalue weighted by Gasteiger charge is -2.20. The summed E-state index contributed by atoms with van der Waals surface area (Å²) in [5.41, 5.74) is -0.444. The van der Waals surface area contributed by atoms with Crippen LogP contribution in [0, 0.1) is 5.41 Å². The molecule has 0 aliphatic rings. The molecule has 0 unspecified atom stereocenters. The minimum atomic E-state index is -0.444. The Balaban J connectivity index is 3.42. The molecule has 1 amide bonds. The van der Waals surface area contributed by atoms with Crippen molar-refractivity contribution in [3.63, 3.8) is 0 Å². The van der Waals surface area contributed by atoms with Gasteiger partial charge in [0.05, 0.1) is 5.41 Å². The second-order valence-corrected chi connectivity index (χ2v) is 5.93. The first-order chi connectivity index (χ1) is 7.54. The minimum Gasteiger partial charge on any atom is -0.356 e. The lowest BCUT2D eigenvalue weighted by Crippen LogP contribution is -2.38. The molecule has 4 heteroatoms. The van der Waals surface area contributed by atoms with Gasteiger partial charge in [0.25, 0.3) is 0 Å². The summed E-state index contributed by atoms with van der Waals surface area (Å²) < 4.78 is 0. The van der Waals surface area contributed by atoms with Crippen molar-refractivity contribution in [3.8, 4) is 0 Å². The van der Waals surface area contributed by atoms with E-state index in [0.717, 1.165) is 13.0 Å². The third-order valence-electron chi connectivity index (χ3n) is 2.51. The summed E-state index contributed by atoms with van der Waals surface area (Å²) >= 11 is 7.61. The number of hydrogen-bond acceptors (Lipinski definition) is 2. The van der Waals surface area contributed by atoms with Crippen LogP contribution in [-0.2, 0) is 4.79 Å². The molecule has 0 radical (unpaired) electrons. The largest absolute Gasteiger partial charge is 0.356 e. The van der Waals surface area contributed by atoms with E-state index in [9.17, 15) is 4.79 Å². The van der Waals surface area contributed by atoms with Crippen LogP contribution in [0.15, 0.2) is 0 Å². The minimum absolute atomic E-state index is 0.0617. The topological polar surface area (TPSA) is 29.1 Å². The molecule has 0 aromatic heterocycles. The van der Waals surface area contributed by atoms with Crippen LogP contribution in [0.2, 0.25) is 0 Å². The third-order valence-corrected chi connectivity index (χ3v) is 3.87. The SMILES string of the molecule is CSCCCCCCNC(=O)C(C)(C)CCl. The van der Waals surface area contributed by atoms with Gasteiger partial charge in [0, 0.05) is 12.4 Å². The van der Waals surface area contributed by atoms with Gasteiger partial charge in [-0.25, -0.2) is 0 Å². The molecule has 0 bridgehead atoms. The van der Waals surface area contributed by atoms with Crippen molar-refractivity contribution in [2.45, 2.75) is 39.5 Å². The first kappa shape index (κ1) is 16.1. The van der Waals surface area contributed by atoms with E-state index in [-0.39, 0.29) is 5.91 Å². The molecule has 0 rings (SSSR count). The lowest BCUT2D eigenvalue weighted by atomic mass is 9.95. The summed E-state index contributed by atoms with van der Waals surface area (Å²) in [7, 11) is 0. The first-order valence-corrected chi connectivity index (χ1v) is 7.80. The summed E-state index contributed by atoms with van der Waals surface area (Å²) in [4.78, 5) is 11.6. The fourth-order valence-corrected chi connectivity index (χ4v) is 1.84. The highest BCUT2D eigenvalue weighted by molar-refractivity contribution is 7.98. The van der Waals surface area contributed by atoms with Crippen LogP contribution in [-0.4, -0.2) is 30.3 Å². The number of carbonyl (C=O) groups is 1. The Kier molecular flexibility index (Phi) is 9.24. The van der Waals surface area contributed by atoms with E-state index in [4.69, 9.17) is 11.6 Å². The number of hydrogen-bond donors (Lipinski definition) is 1. The van der Waals surface area contributed by atoms with Gasteiger partial charge in [0.2, 0.25) is 5.91 Å². The summed E-state index contributed by atoms with van der Waals surface area (Å²) in [6.07, 6.45) is 6.94. The summed E-state index contributed by atoms with van der Waals surface area (Å²) in [5, 5.41) is 2.94. The number of thioether (sulfide) groups is 1. The molecular weight excluding hydrogens is 242 g/mol. The Labute approximate surface area is 109 Å². The normalized spacial score (nSPS) is 11.5. The van der Waals surface area contributed by atoms with Crippen LogP contribution in [0.3, 0.4) is 0 Å². The molecule has 0 atom stereocenters. The van der Waals surface area contributed by atoms with Crippen molar-refractivity contribution in [3.05, 3.63) is 0 Å². The fourth-order valence-electron chi connectivity index (χ4n) is 1.23. The highest BCUT2D eigenvalue weighted by Crippen LogP contribution is 2.16. The van der Waals surface area contributed by atoms with Crippen molar-refractivity contribution in [2.75, 3.05) is 24.4 Å². The van der Waals surface area contributed by atoms with Gasteiger partial charge in [-0.1, -0.05) is 12.8 Å². The van der Waals surface area contributed by atoms with Crippen LogP contribution in [0.25, 0.3) is 0 Å². The molecule has 0 aromatic rings. The zero-order valence-electron chi connectivity index (χ0n) is 10.6. The van der Waals surface area contributed by atoms with Gasteiger partial charge in [-0.15, -0.1) is 11.6 Å². The van der Waals surface area contributed by atoms with Crippen LogP contribution in [0.5, 0.6) is 0 Å². The summed E-state index contributed by atoms with van der Waals surface area (Å²) in [5.74, 6) is 1.67. The molecule has 96 valence electrons. The monoisotopic (exact) mass is 265 g/mol. The molecule has 16 heavy (non-hydrogen) atoms. The predicted molar refractivity (Wildman–Crippen MR) is 74.4 cm³/mol. The van der Waals surface area contributed by atoms with Crippen molar-refractivity contribution >= 4 is 29.3 Å². The van der Waals surface area contributed by atoms with Gasteiger partial charge in [-0.05, 0) is 38.7 Å². The van der Waals surface area contributed by atoms with Gasteiger partial charge < -0.3 is 5.32 Å². The van der Waals surface area contributed by atoms with Crippen molar-refractivity contribution in [1.29, 1.82) is 0 Å². The quantitative estimate of drug-likeness (QED) is 0.512. The van der Waals surface area contributed by atoms with Crippen LogP contribution < -0.4 is 5.32 Å². The molecule has 0 aliphatic carbocycles. The molecule has 0 aliphatic heterocycles. The van der Waals surface area contributed by atoms with E-state index in [2.05, 4.69) is 11.6 Å². The Morgan fingerprint density at radius 1 is 1.25 bits per heavy atom. The zero-order chi connectivity index (χ0) is 12.4. The van der Waals surface area contributed by atoms with E-state index in [1.807, 2.05) is 25.6 Å². The molecule has 0 saturated carbocycles. The van der Waals surface area contributed by atoms with Crippen LogP contribution >= 0.6 is 23.4 Å². The number of alkyl halides is 1. The number of nitrogens with one attached hydrogen (secondary N) is 1.